The normalized spacial score (nSPS) is 14.2. The Morgan fingerprint density at radius 3 is 2.37 bits per heavy atom. The summed E-state index contributed by atoms with van der Waals surface area (Å²) in [5.74, 6) is 0. The number of aryl methyl sites for hydroxylation is 1. The Hall–Kier alpha value is -3.45. The van der Waals surface area contributed by atoms with Gasteiger partial charge in [-0.2, -0.15) is 0 Å². The smallest absolute Gasteiger partial charge is 0.0786 e. The first-order chi connectivity index (χ1) is 14.5. The number of hydrogen-bond donors (Lipinski definition) is 0. The van der Waals surface area contributed by atoms with Gasteiger partial charge in [0.2, 0.25) is 0 Å². The molecule has 1 aliphatic rings. The molecule has 0 spiro atoms. The van der Waals surface area contributed by atoms with Crippen LogP contribution in [0.3, 0.4) is 0 Å². The van der Waals surface area contributed by atoms with Crippen molar-refractivity contribution >= 4 is 38.4 Å². The summed E-state index contributed by atoms with van der Waals surface area (Å²) in [5, 5.41) is 7.67. The number of fused-ring (bicyclic) bond motifs is 5. The maximum Gasteiger partial charge on any atom is 0.0786 e. The van der Waals surface area contributed by atoms with Crippen LogP contribution in [0.2, 0.25) is 0 Å². The Bertz CT molecular complexity index is 1540. The minimum absolute atomic E-state index is 0.121. The topological polar surface area (TPSA) is 12.9 Å². The molecular formula is C29H23N. The van der Waals surface area contributed by atoms with Crippen molar-refractivity contribution in [2.24, 2.45) is 0 Å². The molecule has 1 aliphatic carbocycles. The van der Waals surface area contributed by atoms with E-state index in [1.807, 2.05) is 12.3 Å². The zero-order valence-corrected chi connectivity index (χ0v) is 17.6. The van der Waals surface area contributed by atoms with Gasteiger partial charge < -0.3 is 0 Å². The number of pyridine rings is 1. The van der Waals surface area contributed by atoms with Crippen molar-refractivity contribution < 1.29 is 0 Å². The summed E-state index contributed by atoms with van der Waals surface area (Å²) >= 11 is 0. The third kappa shape index (κ3) is 2.10. The lowest BCUT2D eigenvalue weighted by Crippen LogP contribution is -2.24. The molecule has 30 heavy (non-hydrogen) atoms. The van der Waals surface area contributed by atoms with E-state index in [1.165, 1.54) is 60.1 Å². The molecule has 0 saturated carbocycles. The highest BCUT2D eigenvalue weighted by Crippen LogP contribution is 2.50. The van der Waals surface area contributed by atoms with Gasteiger partial charge in [0.15, 0.2) is 0 Å². The van der Waals surface area contributed by atoms with Crippen LogP contribution in [0.1, 0.15) is 36.1 Å². The monoisotopic (exact) mass is 385 g/mol. The zero-order valence-electron chi connectivity index (χ0n) is 17.6. The molecule has 1 nitrogen and oxygen atoms in total. The number of rotatable bonds is 1. The Labute approximate surface area is 176 Å². The van der Waals surface area contributed by atoms with Crippen LogP contribution in [0.5, 0.6) is 0 Å². The van der Waals surface area contributed by atoms with Crippen LogP contribution in [0, 0.1) is 6.92 Å². The minimum Gasteiger partial charge on any atom is -0.256 e. The lowest BCUT2D eigenvalue weighted by Gasteiger charge is -2.35. The third-order valence-corrected chi connectivity index (χ3v) is 7.00. The second-order valence-corrected chi connectivity index (χ2v) is 8.97. The van der Waals surface area contributed by atoms with Crippen LogP contribution < -0.4 is 0 Å². The Morgan fingerprint density at radius 2 is 1.60 bits per heavy atom. The van der Waals surface area contributed by atoms with Crippen LogP contribution in [0.15, 0.2) is 73.4 Å². The minimum atomic E-state index is -0.121. The number of benzene rings is 4. The van der Waals surface area contributed by atoms with Crippen molar-refractivity contribution in [1.29, 1.82) is 0 Å². The molecule has 0 atom stereocenters. The van der Waals surface area contributed by atoms with E-state index in [1.54, 1.807) is 0 Å². The van der Waals surface area contributed by atoms with Gasteiger partial charge in [0, 0.05) is 22.6 Å². The second kappa shape index (κ2) is 5.79. The molecule has 4 aromatic carbocycles. The van der Waals surface area contributed by atoms with Crippen molar-refractivity contribution in [2.75, 3.05) is 0 Å². The molecule has 0 aliphatic heterocycles. The van der Waals surface area contributed by atoms with Gasteiger partial charge in [0.25, 0.3) is 0 Å². The highest BCUT2D eigenvalue weighted by molar-refractivity contribution is 6.16. The molecule has 1 heterocycles. The predicted molar refractivity (Wildman–Crippen MR) is 129 cm³/mol. The van der Waals surface area contributed by atoms with E-state index in [-0.39, 0.29) is 5.41 Å². The SMILES string of the molecule is C=Cc1c(C)ccc2c1cc1c3c(nccc32)-c2cc3ccccc3cc2C1(C)C. The van der Waals surface area contributed by atoms with E-state index in [0.717, 1.165) is 5.69 Å². The van der Waals surface area contributed by atoms with Crippen LogP contribution in [0.25, 0.3) is 49.7 Å². The van der Waals surface area contributed by atoms with E-state index in [2.05, 4.69) is 88.0 Å². The van der Waals surface area contributed by atoms with E-state index in [9.17, 15) is 0 Å². The van der Waals surface area contributed by atoms with Crippen molar-refractivity contribution in [3.63, 3.8) is 0 Å². The van der Waals surface area contributed by atoms with Gasteiger partial charge >= 0.3 is 0 Å². The molecule has 0 amide bonds. The quantitative estimate of drug-likeness (QED) is 0.268. The number of nitrogens with zero attached hydrogens (tertiary/aromatic N) is 1. The largest absolute Gasteiger partial charge is 0.256 e. The van der Waals surface area contributed by atoms with E-state index in [4.69, 9.17) is 4.98 Å². The van der Waals surface area contributed by atoms with Gasteiger partial charge in [-0.25, -0.2) is 0 Å². The van der Waals surface area contributed by atoms with Crippen molar-refractivity contribution in [1.82, 2.24) is 4.98 Å². The summed E-state index contributed by atoms with van der Waals surface area (Å²) in [7, 11) is 0. The molecule has 1 heteroatoms. The first kappa shape index (κ1) is 17.4. The van der Waals surface area contributed by atoms with Crippen LogP contribution >= 0.6 is 0 Å². The predicted octanol–water partition coefficient (Wildman–Crippen LogP) is 7.80. The third-order valence-electron chi connectivity index (χ3n) is 7.00. The maximum absolute atomic E-state index is 4.90. The summed E-state index contributed by atoms with van der Waals surface area (Å²) in [6.07, 6.45) is 3.96. The number of hydrogen-bond acceptors (Lipinski definition) is 1. The Kier molecular flexibility index (Phi) is 3.36. The van der Waals surface area contributed by atoms with Gasteiger partial charge in [0.1, 0.15) is 0 Å². The molecule has 0 bridgehead atoms. The zero-order chi connectivity index (χ0) is 20.6. The first-order valence-electron chi connectivity index (χ1n) is 10.5. The highest BCUT2D eigenvalue weighted by atomic mass is 14.7. The molecule has 0 radical (unpaired) electrons. The Morgan fingerprint density at radius 1 is 0.833 bits per heavy atom. The molecule has 5 aromatic rings. The van der Waals surface area contributed by atoms with E-state index < -0.39 is 0 Å². The van der Waals surface area contributed by atoms with Crippen molar-refractivity contribution in [2.45, 2.75) is 26.2 Å². The van der Waals surface area contributed by atoms with Crippen molar-refractivity contribution in [3.8, 4) is 11.3 Å². The van der Waals surface area contributed by atoms with Crippen LogP contribution in [-0.2, 0) is 5.41 Å². The average molecular weight is 386 g/mol. The first-order valence-corrected chi connectivity index (χ1v) is 10.5. The Balaban J connectivity index is 1.86. The summed E-state index contributed by atoms with van der Waals surface area (Å²) in [6.45, 7) is 11.0. The lowest BCUT2D eigenvalue weighted by atomic mass is 9.68. The van der Waals surface area contributed by atoms with Gasteiger partial charge in [-0.05, 0) is 80.4 Å². The standard InChI is InChI=1S/C29H23N/c1-5-20-17(2)10-11-21-22-12-13-30-28-24-14-18-8-6-7-9-19(18)15-25(24)29(3,4)26(27(22)28)16-23(20)21/h5-16H,1H2,2-4H3. The van der Waals surface area contributed by atoms with Gasteiger partial charge in [-0.15, -0.1) is 0 Å². The highest BCUT2D eigenvalue weighted by Gasteiger charge is 2.35. The summed E-state index contributed by atoms with van der Waals surface area (Å²) in [6, 6.07) is 22.3. The fourth-order valence-electron chi connectivity index (χ4n) is 5.38. The molecular weight excluding hydrogens is 362 g/mol. The second-order valence-electron chi connectivity index (χ2n) is 8.97. The molecule has 6 rings (SSSR count). The van der Waals surface area contributed by atoms with Gasteiger partial charge in [-0.1, -0.05) is 62.9 Å². The molecule has 0 saturated heterocycles. The molecule has 1 aromatic heterocycles. The summed E-state index contributed by atoms with van der Waals surface area (Å²) < 4.78 is 0. The summed E-state index contributed by atoms with van der Waals surface area (Å²) in [5.41, 5.74) is 7.43. The van der Waals surface area contributed by atoms with E-state index in [0.29, 0.717) is 0 Å². The fourth-order valence-corrected chi connectivity index (χ4v) is 5.38. The number of aromatic nitrogens is 1. The van der Waals surface area contributed by atoms with Crippen LogP contribution in [-0.4, -0.2) is 4.98 Å². The van der Waals surface area contributed by atoms with Gasteiger partial charge in [-0.3, -0.25) is 4.98 Å². The average Bonchev–Trinajstić information content (AvgIpc) is 2.76. The molecule has 144 valence electrons. The van der Waals surface area contributed by atoms with Crippen LogP contribution in [0.4, 0.5) is 0 Å². The summed E-state index contributed by atoms with van der Waals surface area (Å²) in [4.78, 5) is 4.90. The van der Waals surface area contributed by atoms with Gasteiger partial charge in [0.05, 0.1) is 5.69 Å². The molecule has 0 fully saturated rings. The maximum atomic E-state index is 4.90. The van der Waals surface area contributed by atoms with E-state index >= 15 is 0 Å². The van der Waals surface area contributed by atoms with Crippen molar-refractivity contribution in [3.05, 3.63) is 95.7 Å². The lowest BCUT2D eigenvalue weighted by molar-refractivity contribution is 0.646. The molecule has 0 unspecified atom stereocenters. The fraction of sp³-hybridized carbons (Fsp3) is 0.138. The molecule has 0 N–H and O–H groups in total.